The molecule has 6 heteroatoms. The van der Waals surface area contributed by atoms with Crippen LogP contribution >= 0.6 is 23.4 Å². The summed E-state index contributed by atoms with van der Waals surface area (Å²) in [6.07, 6.45) is 1.71. The topological polar surface area (TPSA) is 47.0 Å². The maximum Gasteiger partial charge on any atom is 0.179 e. The molecular formula is C14H14ClNO2S2. The van der Waals surface area contributed by atoms with E-state index in [9.17, 15) is 8.42 Å². The zero-order valence-electron chi connectivity index (χ0n) is 10.9. The first-order valence-corrected chi connectivity index (χ1v) is 9.03. The lowest BCUT2D eigenvalue weighted by Crippen LogP contribution is -2.09. The number of hydrogen-bond donors (Lipinski definition) is 0. The number of halogens is 1. The van der Waals surface area contributed by atoms with E-state index in [1.54, 1.807) is 18.3 Å². The summed E-state index contributed by atoms with van der Waals surface area (Å²) in [5.41, 5.74) is 1.06. The van der Waals surface area contributed by atoms with Gasteiger partial charge in [-0.1, -0.05) is 17.7 Å². The number of nitrogens with zero attached hydrogens (tertiary/aromatic N) is 1. The second kappa shape index (κ2) is 6.61. The lowest BCUT2D eigenvalue weighted by atomic mass is 10.3. The van der Waals surface area contributed by atoms with Gasteiger partial charge in [0.05, 0.1) is 15.7 Å². The summed E-state index contributed by atoms with van der Waals surface area (Å²) < 4.78 is 24.3. The van der Waals surface area contributed by atoms with E-state index in [4.69, 9.17) is 11.6 Å². The third kappa shape index (κ3) is 3.98. The van der Waals surface area contributed by atoms with E-state index in [1.165, 1.54) is 23.9 Å². The average Bonchev–Trinajstić information content (AvgIpc) is 2.41. The normalized spacial score (nSPS) is 11.5. The fraction of sp³-hybridized carbons (Fsp3) is 0.214. The van der Waals surface area contributed by atoms with Crippen LogP contribution in [0.15, 0.2) is 52.5 Å². The van der Waals surface area contributed by atoms with Crippen LogP contribution in [0.1, 0.15) is 5.56 Å². The fourth-order valence-corrected chi connectivity index (χ4v) is 4.38. The molecule has 0 aliphatic rings. The van der Waals surface area contributed by atoms with Gasteiger partial charge in [-0.2, -0.15) is 0 Å². The molecule has 1 heterocycles. The Bertz CT molecular complexity index is 685. The van der Waals surface area contributed by atoms with Gasteiger partial charge in [-0.05, 0) is 42.8 Å². The summed E-state index contributed by atoms with van der Waals surface area (Å²) in [4.78, 5) is 4.54. The van der Waals surface area contributed by atoms with Crippen molar-refractivity contribution in [1.29, 1.82) is 0 Å². The zero-order valence-corrected chi connectivity index (χ0v) is 13.3. The van der Waals surface area contributed by atoms with Gasteiger partial charge >= 0.3 is 0 Å². The Morgan fingerprint density at radius 3 is 2.55 bits per heavy atom. The molecule has 0 aliphatic heterocycles. The molecule has 0 amide bonds. The lowest BCUT2D eigenvalue weighted by Gasteiger charge is -2.06. The Morgan fingerprint density at radius 1 is 1.20 bits per heavy atom. The summed E-state index contributed by atoms with van der Waals surface area (Å²) in [7, 11) is -3.27. The predicted molar refractivity (Wildman–Crippen MR) is 83.2 cm³/mol. The average molecular weight is 328 g/mol. The number of pyridine rings is 1. The number of hydrogen-bond acceptors (Lipinski definition) is 4. The van der Waals surface area contributed by atoms with Crippen LogP contribution in [0.3, 0.4) is 0 Å². The Morgan fingerprint density at radius 2 is 1.90 bits per heavy atom. The molecule has 0 radical (unpaired) electrons. The molecule has 3 nitrogen and oxygen atoms in total. The van der Waals surface area contributed by atoms with Gasteiger partial charge in [-0.25, -0.2) is 13.4 Å². The minimum atomic E-state index is -3.27. The molecule has 0 bridgehead atoms. The van der Waals surface area contributed by atoms with Gasteiger partial charge in [0.1, 0.15) is 0 Å². The van der Waals surface area contributed by atoms with E-state index in [-0.39, 0.29) is 5.75 Å². The minimum Gasteiger partial charge on any atom is -0.250 e. The summed E-state index contributed by atoms with van der Waals surface area (Å²) in [5.74, 6) is 0.554. The molecule has 0 unspecified atom stereocenters. The quantitative estimate of drug-likeness (QED) is 0.787. The van der Waals surface area contributed by atoms with Crippen LogP contribution in [-0.2, 0) is 9.84 Å². The first-order chi connectivity index (χ1) is 9.49. The smallest absolute Gasteiger partial charge is 0.179 e. The second-order valence-electron chi connectivity index (χ2n) is 4.25. The van der Waals surface area contributed by atoms with E-state index in [0.717, 1.165) is 10.6 Å². The van der Waals surface area contributed by atoms with Gasteiger partial charge < -0.3 is 0 Å². The summed E-state index contributed by atoms with van der Waals surface area (Å²) in [6, 6.07) is 10.1. The zero-order chi connectivity index (χ0) is 14.6. The Hall–Kier alpha value is -1.04. The van der Waals surface area contributed by atoms with Gasteiger partial charge in [-0.15, -0.1) is 11.8 Å². The second-order valence-corrected chi connectivity index (χ2v) is 7.88. The predicted octanol–water partition coefficient (Wildman–Crippen LogP) is 3.61. The van der Waals surface area contributed by atoms with Crippen LogP contribution in [0.5, 0.6) is 0 Å². The van der Waals surface area contributed by atoms with Crippen molar-refractivity contribution in [1.82, 2.24) is 4.98 Å². The third-order valence-corrected chi connectivity index (χ3v) is 6.08. The number of rotatable bonds is 5. The SMILES string of the molecule is Cc1cccnc1SCCS(=O)(=O)c1ccc(Cl)cc1. The van der Waals surface area contributed by atoms with Crippen LogP contribution in [-0.4, -0.2) is 24.9 Å². The van der Waals surface area contributed by atoms with Crippen molar-refractivity contribution in [3.63, 3.8) is 0 Å². The first kappa shape index (κ1) is 15.4. The molecular weight excluding hydrogens is 314 g/mol. The highest BCUT2D eigenvalue weighted by Crippen LogP contribution is 2.21. The van der Waals surface area contributed by atoms with Crippen molar-refractivity contribution in [2.45, 2.75) is 16.8 Å². The van der Waals surface area contributed by atoms with Gasteiger partial charge in [0.15, 0.2) is 9.84 Å². The highest BCUT2D eigenvalue weighted by atomic mass is 35.5. The molecule has 1 aromatic carbocycles. The summed E-state index contributed by atoms with van der Waals surface area (Å²) in [5, 5.41) is 1.40. The van der Waals surface area contributed by atoms with Crippen molar-refractivity contribution in [2.24, 2.45) is 0 Å². The molecule has 0 saturated carbocycles. The molecule has 2 rings (SSSR count). The highest BCUT2D eigenvalue weighted by Gasteiger charge is 2.14. The van der Waals surface area contributed by atoms with Crippen LogP contribution in [0, 0.1) is 6.92 Å². The first-order valence-electron chi connectivity index (χ1n) is 6.02. The van der Waals surface area contributed by atoms with Crippen LogP contribution in [0.2, 0.25) is 5.02 Å². The Balaban J connectivity index is 2.00. The number of benzene rings is 1. The van der Waals surface area contributed by atoms with E-state index < -0.39 is 9.84 Å². The van der Waals surface area contributed by atoms with Crippen molar-refractivity contribution >= 4 is 33.2 Å². The molecule has 1 aromatic heterocycles. The molecule has 0 spiro atoms. The molecule has 0 fully saturated rings. The third-order valence-electron chi connectivity index (χ3n) is 2.73. The number of thioether (sulfide) groups is 1. The van der Waals surface area contributed by atoms with Crippen molar-refractivity contribution in [3.8, 4) is 0 Å². The summed E-state index contributed by atoms with van der Waals surface area (Å²) >= 11 is 7.21. The summed E-state index contributed by atoms with van der Waals surface area (Å²) in [6.45, 7) is 1.96. The molecule has 2 aromatic rings. The van der Waals surface area contributed by atoms with E-state index in [2.05, 4.69) is 4.98 Å². The maximum absolute atomic E-state index is 12.1. The van der Waals surface area contributed by atoms with Crippen molar-refractivity contribution in [2.75, 3.05) is 11.5 Å². The molecule has 20 heavy (non-hydrogen) atoms. The monoisotopic (exact) mass is 327 g/mol. The Labute approximate surface area is 128 Å². The molecule has 0 aliphatic carbocycles. The number of aryl methyl sites for hydroxylation is 1. The van der Waals surface area contributed by atoms with E-state index in [0.29, 0.717) is 15.7 Å². The van der Waals surface area contributed by atoms with Crippen LogP contribution in [0.4, 0.5) is 0 Å². The van der Waals surface area contributed by atoms with Crippen LogP contribution in [0.25, 0.3) is 0 Å². The maximum atomic E-state index is 12.1. The van der Waals surface area contributed by atoms with Crippen molar-refractivity contribution < 1.29 is 8.42 Å². The molecule has 0 N–H and O–H groups in total. The van der Waals surface area contributed by atoms with Gasteiger partial charge in [-0.3, -0.25) is 0 Å². The van der Waals surface area contributed by atoms with Gasteiger partial charge in [0.2, 0.25) is 0 Å². The Kier molecular flexibility index (Phi) is 5.07. The lowest BCUT2D eigenvalue weighted by molar-refractivity contribution is 0.597. The van der Waals surface area contributed by atoms with Crippen molar-refractivity contribution in [3.05, 3.63) is 53.2 Å². The van der Waals surface area contributed by atoms with E-state index in [1.807, 2.05) is 19.1 Å². The number of sulfone groups is 1. The molecule has 106 valence electrons. The number of aromatic nitrogens is 1. The highest BCUT2D eigenvalue weighted by molar-refractivity contribution is 8.00. The molecule has 0 saturated heterocycles. The van der Waals surface area contributed by atoms with Crippen LogP contribution < -0.4 is 0 Å². The minimum absolute atomic E-state index is 0.0787. The largest absolute Gasteiger partial charge is 0.250 e. The van der Waals surface area contributed by atoms with E-state index >= 15 is 0 Å². The van der Waals surface area contributed by atoms with Gasteiger partial charge in [0, 0.05) is 17.0 Å². The van der Waals surface area contributed by atoms with Gasteiger partial charge in [0.25, 0.3) is 0 Å². The molecule has 0 atom stereocenters. The fourth-order valence-electron chi connectivity index (χ4n) is 1.63. The standard InChI is InChI=1S/C14H14ClNO2S2/c1-11-3-2-8-16-14(11)19-9-10-20(17,18)13-6-4-12(15)5-7-13/h2-8H,9-10H2,1H3.